The number of carbonyl (C=O) groups is 1. The van der Waals surface area contributed by atoms with Crippen molar-refractivity contribution in [1.29, 1.82) is 0 Å². The minimum absolute atomic E-state index is 0. The molecule has 6 nitrogen and oxygen atoms in total. The Balaban J connectivity index is 0.00000392. The van der Waals surface area contributed by atoms with Crippen molar-refractivity contribution in [1.82, 2.24) is 15.5 Å². The lowest BCUT2D eigenvalue weighted by molar-refractivity contribution is -0.121. The van der Waals surface area contributed by atoms with Crippen LogP contribution in [0.5, 0.6) is 5.75 Å². The van der Waals surface area contributed by atoms with E-state index in [0.29, 0.717) is 12.3 Å². The van der Waals surface area contributed by atoms with Crippen LogP contribution in [0.1, 0.15) is 39.0 Å². The Morgan fingerprint density at radius 1 is 1.21 bits per heavy atom. The number of benzene rings is 1. The minimum atomic E-state index is 0. The van der Waals surface area contributed by atoms with Crippen LogP contribution in [0.15, 0.2) is 35.3 Å². The highest BCUT2D eigenvalue weighted by Gasteiger charge is 2.22. The van der Waals surface area contributed by atoms with Crippen molar-refractivity contribution in [2.24, 2.45) is 10.9 Å². The fourth-order valence-electron chi connectivity index (χ4n) is 3.24. The molecule has 0 aromatic heterocycles. The second-order valence-electron chi connectivity index (χ2n) is 6.91. The summed E-state index contributed by atoms with van der Waals surface area (Å²) in [7, 11) is 1.71. The number of amides is 1. The molecule has 0 aliphatic carbocycles. The number of carbonyl (C=O) groups excluding carboxylic acids is 1. The molecular formula is C21H35IN4O2. The quantitative estimate of drug-likeness (QED) is 0.236. The summed E-state index contributed by atoms with van der Waals surface area (Å²) < 4.78 is 5.72. The molecule has 1 heterocycles. The van der Waals surface area contributed by atoms with Crippen molar-refractivity contribution in [2.45, 2.75) is 39.0 Å². The van der Waals surface area contributed by atoms with Crippen LogP contribution in [0.3, 0.4) is 0 Å². The number of hydrogen-bond donors (Lipinski definition) is 2. The second-order valence-corrected chi connectivity index (χ2v) is 6.91. The van der Waals surface area contributed by atoms with E-state index in [1.807, 2.05) is 30.3 Å². The zero-order valence-electron chi connectivity index (χ0n) is 17.2. The van der Waals surface area contributed by atoms with Crippen LogP contribution in [0.2, 0.25) is 0 Å². The van der Waals surface area contributed by atoms with Gasteiger partial charge in [0.2, 0.25) is 5.91 Å². The van der Waals surface area contributed by atoms with Gasteiger partial charge in [-0.1, -0.05) is 18.2 Å². The molecular weight excluding hydrogens is 467 g/mol. The number of ether oxygens (including phenoxy) is 1. The Morgan fingerprint density at radius 3 is 2.57 bits per heavy atom. The van der Waals surface area contributed by atoms with Gasteiger partial charge < -0.3 is 20.3 Å². The number of halogens is 1. The van der Waals surface area contributed by atoms with Gasteiger partial charge in [0.25, 0.3) is 0 Å². The maximum absolute atomic E-state index is 11.5. The lowest BCUT2D eigenvalue weighted by Gasteiger charge is -2.34. The minimum Gasteiger partial charge on any atom is -0.494 e. The third kappa shape index (κ3) is 9.12. The predicted molar refractivity (Wildman–Crippen MR) is 126 cm³/mol. The van der Waals surface area contributed by atoms with Crippen molar-refractivity contribution < 1.29 is 9.53 Å². The standard InChI is InChI=1S/C21H34N4O2.HI/c1-3-23-21(25-14-11-18(12-15-25)17-20(26)22-2)24-13-7-8-16-27-19-9-5-4-6-10-19;/h4-6,9-10,18H,3,7-8,11-17H2,1-2H3,(H,22,26)(H,23,24);1H. The number of hydrogen-bond acceptors (Lipinski definition) is 3. The van der Waals surface area contributed by atoms with Gasteiger partial charge in [-0.05, 0) is 50.7 Å². The van der Waals surface area contributed by atoms with Gasteiger partial charge >= 0.3 is 0 Å². The molecule has 2 N–H and O–H groups in total. The highest BCUT2D eigenvalue weighted by Crippen LogP contribution is 2.20. The van der Waals surface area contributed by atoms with Crippen LogP contribution < -0.4 is 15.4 Å². The molecule has 0 spiro atoms. The Morgan fingerprint density at radius 2 is 1.93 bits per heavy atom. The first-order valence-corrected chi connectivity index (χ1v) is 10.1. The van der Waals surface area contributed by atoms with Crippen LogP contribution in [0, 0.1) is 5.92 Å². The molecule has 1 aliphatic rings. The summed E-state index contributed by atoms with van der Waals surface area (Å²) >= 11 is 0. The molecule has 0 atom stereocenters. The normalized spacial score (nSPS) is 14.9. The first kappa shape index (κ1) is 24.5. The van der Waals surface area contributed by atoms with Crippen LogP contribution >= 0.6 is 24.0 Å². The van der Waals surface area contributed by atoms with Crippen molar-refractivity contribution in [3.05, 3.63) is 30.3 Å². The number of para-hydroxylation sites is 1. The maximum Gasteiger partial charge on any atom is 0.220 e. The number of rotatable bonds is 9. The first-order valence-electron chi connectivity index (χ1n) is 10.1. The lowest BCUT2D eigenvalue weighted by atomic mass is 9.93. The van der Waals surface area contributed by atoms with Gasteiger partial charge in [0.1, 0.15) is 5.75 Å². The molecule has 0 bridgehead atoms. The van der Waals surface area contributed by atoms with Crippen LogP contribution in [-0.2, 0) is 4.79 Å². The van der Waals surface area contributed by atoms with Gasteiger partial charge in [-0.25, -0.2) is 0 Å². The number of nitrogens with zero attached hydrogens (tertiary/aromatic N) is 2. The molecule has 1 fully saturated rings. The molecule has 2 rings (SSSR count). The number of nitrogens with one attached hydrogen (secondary N) is 2. The van der Waals surface area contributed by atoms with Gasteiger partial charge in [0.05, 0.1) is 6.61 Å². The van der Waals surface area contributed by atoms with Crippen molar-refractivity contribution in [3.8, 4) is 5.75 Å². The Hall–Kier alpha value is -1.51. The van der Waals surface area contributed by atoms with E-state index in [1.165, 1.54) is 0 Å². The molecule has 0 unspecified atom stereocenters. The molecule has 0 radical (unpaired) electrons. The van der Waals surface area contributed by atoms with E-state index in [1.54, 1.807) is 7.05 Å². The monoisotopic (exact) mass is 502 g/mol. The Kier molecular flexibility index (Phi) is 12.7. The first-order chi connectivity index (χ1) is 13.2. The summed E-state index contributed by atoms with van der Waals surface area (Å²) in [5.41, 5.74) is 0. The molecule has 28 heavy (non-hydrogen) atoms. The summed E-state index contributed by atoms with van der Waals surface area (Å²) in [5, 5.41) is 6.12. The molecule has 1 aromatic rings. The van der Waals surface area contributed by atoms with E-state index in [0.717, 1.165) is 70.2 Å². The summed E-state index contributed by atoms with van der Waals surface area (Å²) in [4.78, 5) is 18.6. The molecule has 0 saturated carbocycles. The number of aliphatic imine (C=N–C) groups is 1. The predicted octanol–water partition coefficient (Wildman–Crippen LogP) is 3.28. The average molecular weight is 502 g/mol. The van der Waals surface area contributed by atoms with E-state index in [-0.39, 0.29) is 29.9 Å². The Labute approximate surface area is 186 Å². The molecule has 1 aliphatic heterocycles. The van der Waals surface area contributed by atoms with Gasteiger partial charge in [-0.2, -0.15) is 0 Å². The van der Waals surface area contributed by atoms with Gasteiger partial charge in [-0.3, -0.25) is 9.79 Å². The van der Waals surface area contributed by atoms with E-state index in [4.69, 9.17) is 9.73 Å². The number of unbranched alkanes of at least 4 members (excludes halogenated alkanes) is 1. The van der Waals surface area contributed by atoms with E-state index in [9.17, 15) is 4.79 Å². The number of piperidine rings is 1. The molecule has 1 amide bonds. The number of guanidine groups is 1. The fourth-order valence-corrected chi connectivity index (χ4v) is 3.24. The summed E-state index contributed by atoms with van der Waals surface area (Å²) in [6.07, 6.45) is 4.73. The van der Waals surface area contributed by atoms with Gasteiger partial charge in [0, 0.05) is 39.6 Å². The average Bonchev–Trinajstić information content (AvgIpc) is 2.71. The summed E-state index contributed by atoms with van der Waals surface area (Å²) in [5.74, 6) is 2.56. The number of likely N-dealkylation sites (tertiary alicyclic amines) is 1. The lowest BCUT2D eigenvalue weighted by Crippen LogP contribution is -2.46. The van der Waals surface area contributed by atoms with Crippen LogP contribution in [0.25, 0.3) is 0 Å². The van der Waals surface area contributed by atoms with Gasteiger partial charge in [-0.15, -0.1) is 24.0 Å². The zero-order valence-corrected chi connectivity index (χ0v) is 19.5. The van der Waals surface area contributed by atoms with E-state index < -0.39 is 0 Å². The summed E-state index contributed by atoms with van der Waals surface area (Å²) in [6, 6.07) is 9.93. The zero-order chi connectivity index (χ0) is 19.3. The van der Waals surface area contributed by atoms with E-state index in [2.05, 4.69) is 22.5 Å². The molecule has 1 saturated heterocycles. The van der Waals surface area contributed by atoms with Gasteiger partial charge in [0.15, 0.2) is 5.96 Å². The molecule has 7 heteroatoms. The fraction of sp³-hybridized carbons (Fsp3) is 0.619. The second kappa shape index (κ2) is 14.5. The smallest absolute Gasteiger partial charge is 0.220 e. The summed E-state index contributed by atoms with van der Waals surface area (Å²) in [6.45, 7) is 6.42. The SMILES string of the molecule is CCNC(=NCCCCOc1ccccc1)N1CCC(CC(=O)NC)CC1.I. The van der Waals surface area contributed by atoms with Crippen LogP contribution in [-0.4, -0.2) is 56.6 Å². The highest BCUT2D eigenvalue weighted by molar-refractivity contribution is 14.0. The third-order valence-corrected chi connectivity index (χ3v) is 4.83. The van der Waals surface area contributed by atoms with Crippen molar-refractivity contribution >= 4 is 35.8 Å². The van der Waals surface area contributed by atoms with Crippen molar-refractivity contribution in [3.63, 3.8) is 0 Å². The molecule has 158 valence electrons. The maximum atomic E-state index is 11.5. The highest BCUT2D eigenvalue weighted by atomic mass is 127. The topological polar surface area (TPSA) is 66.0 Å². The van der Waals surface area contributed by atoms with Crippen LogP contribution in [0.4, 0.5) is 0 Å². The molecule has 1 aromatic carbocycles. The third-order valence-electron chi connectivity index (χ3n) is 4.83. The Bertz CT molecular complexity index is 575. The van der Waals surface area contributed by atoms with E-state index >= 15 is 0 Å². The largest absolute Gasteiger partial charge is 0.494 e. The van der Waals surface area contributed by atoms with Crippen molar-refractivity contribution in [2.75, 3.05) is 39.8 Å².